The average molecular weight is 148 g/mol. The second-order valence-electron chi connectivity index (χ2n) is 1.32. The largest absolute Gasteiger partial charge is 0.287 e. The highest BCUT2D eigenvalue weighted by Crippen LogP contribution is 2.06. The standard InChI is InChI=1S/C5H8OS2/c1-3-5(6)8-4(2)7/h3H2,1-2H3. The van der Waals surface area contributed by atoms with Crippen LogP contribution in [0.5, 0.6) is 0 Å². The first-order chi connectivity index (χ1) is 3.66. The number of carbonyl (C=O) groups excluding carboxylic acids is 1. The lowest BCUT2D eigenvalue weighted by Crippen LogP contribution is -1.89. The van der Waals surface area contributed by atoms with Crippen LogP contribution in [0.2, 0.25) is 0 Å². The van der Waals surface area contributed by atoms with E-state index in [-0.39, 0.29) is 5.12 Å². The molecule has 46 valence electrons. The number of rotatable bonds is 1. The van der Waals surface area contributed by atoms with E-state index in [0.29, 0.717) is 10.6 Å². The maximum Gasteiger partial charge on any atom is 0.193 e. The van der Waals surface area contributed by atoms with Crippen molar-refractivity contribution in [2.75, 3.05) is 0 Å². The topological polar surface area (TPSA) is 17.1 Å². The fraction of sp³-hybridized carbons (Fsp3) is 0.600. The summed E-state index contributed by atoms with van der Waals surface area (Å²) >= 11 is 5.83. The Morgan fingerprint density at radius 1 is 1.75 bits per heavy atom. The summed E-state index contributed by atoms with van der Waals surface area (Å²) in [5, 5.41) is 0.150. The van der Waals surface area contributed by atoms with Crippen LogP contribution in [0.3, 0.4) is 0 Å². The van der Waals surface area contributed by atoms with Gasteiger partial charge in [-0.15, -0.1) is 0 Å². The van der Waals surface area contributed by atoms with Gasteiger partial charge in [0.15, 0.2) is 5.12 Å². The number of hydrogen-bond acceptors (Lipinski definition) is 3. The molecule has 0 aliphatic heterocycles. The summed E-state index contributed by atoms with van der Waals surface area (Å²) in [6.07, 6.45) is 0.568. The molecule has 0 saturated carbocycles. The molecule has 8 heavy (non-hydrogen) atoms. The van der Waals surface area contributed by atoms with Crippen LogP contribution in [0.25, 0.3) is 0 Å². The number of thioether (sulfide) groups is 1. The first-order valence-corrected chi connectivity index (χ1v) is 3.60. The molecular formula is C5H8OS2. The first kappa shape index (κ1) is 8.11. The molecule has 0 fully saturated rings. The van der Waals surface area contributed by atoms with E-state index in [1.165, 1.54) is 0 Å². The van der Waals surface area contributed by atoms with Crippen molar-refractivity contribution in [3.63, 3.8) is 0 Å². The predicted molar refractivity (Wildman–Crippen MR) is 41.2 cm³/mol. The zero-order chi connectivity index (χ0) is 6.57. The third-order valence-electron chi connectivity index (χ3n) is 0.546. The quantitative estimate of drug-likeness (QED) is 0.529. The van der Waals surface area contributed by atoms with Crippen LogP contribution in [-0.4, -0.2) is 9.31 Å². The molecule has 0 aromatic rings. The summed E-state index contributed by atoms with van der Waals surface area (Å²) in [6, 6.07) is 0. The van der Waals surface area contributed by atoms with E-state index in [0.717, 1.165) is 11.8 Å². The maximum absolute atomic E-state index is 10.5. The number of thiocarbonyl (C=S) groups is 1. The molecule has 0 aromatic heterocycles. The number of carbonyl (C=O) groups is 1. The van der Waals surface area contributed by atoms with Crippen molar-refractivity contribution < 1.29 is 4.79 Å². The summed E-state index contributed by atoms with van der Waals surface area (Å²) in [7, 11) is 0. The Bertz CT molecular complexity index is 109. The molecule has 0 amide bonds. The van der Waals surface area contributed by atoms with Gasteiger partial charge in [0.05, 0.1) is 4.20 Å². The Hall–Kier alpha value is 0.110. The molecule has 0 radical (unpaired) electrons. The summed E-state index contributed by atoms with van der Waals surface area (Å²) in [6.45, 7) is 3.58. The van der Waals surface area contributed by atoms with E-state index in [9.17, 15) is 4.79 Å². The second-order valence-corrected chi connectivity index (χ2v) is 3.46. The highest BCUT2D eigenvalue weighted by atomic mass is 32.2. The van der Waals surface area contributed by atoms with Gasteiger partial charge in [-0.1, -0.05) is 19.1 Å². The van der Waals surface area contributed by atoms with Gasteiger partial charge >= 0.3 is 0 Å². The van der Waals surface area contributed by atoms with E-state index < -0.39 is 0 Å². The Morgan fingerprint density at radius 3 is 2.38 bits per heavy atom. The van der Waals surface area contributed by atoms with Crippen LogP contribution in [-0.2, 0) is 4.79 Å². The highest BCUT2D eigenvalue weighted by molar-refractivity contribution is 8.32. The molecule has 0 N–H and O–H groups in total. The molecule has 0 spiro atoms. The Morgan fingerprint density at radius 2 is 2.25 bits per heavy atom. The van der Waals surface area contributed by atoms with Crippen LogP contribution in [0.1, 0.15) is 20.3 Å². The number of hydrogen-bond donors (Lipinski definition) is 0. The normalized spacial score (nSPS) is 8.75. The van der Waals surface area contributed by atoms with E-state index in [2.05, 4.69) is 12.2 Å². The molecule has 0 bridgehead atoms. The summed E-state index contributed by atoms with van der Waals surface area (Å²) in [5.41, 5.74) is 0. The summed E-state index contributed by atoms with van der Waals surface area (Å²) in [4.78, 5) is 10.5. The minimum Gasteiger partial charge on any atom is -0.287 e. The van der Waals surface area contributed by atoms with Crippen molar-refractivity contribution in [3.8, 4) is 0 Å². The SMILES string of the molecule is CCC(=O)SC(C)=S. The zero-order valence-electron chi connectivity index (χ0n) is 4.93. The lowest BCUT2D eigenvalue weighted by Gasteiger charge is -1.89. The predicted octanol–water partition coefficient (Wildman–Crippen LogP) is 2.00. The van der Waals surface area contributed by atoms with Crippen LogP contribution in [0, 0.1) is 0 Å². The Balaban J connectivity index is 3.40. The minimum atomic E-state index is 0.150. The molecule has 0 unspecified atom stereocenters. The molecule has 0 atom stereocenters. The van der Waals surface area contributed by atoms with Gasteiger partial charge in [-0.3, -0.25) is 4.79 Å². The first-order valence-electron chi connectivity index (χ1n) is 2.38. The van der Waals surface area contributed by atoms with Gasteiger partial charge in [0.25, 0.3) is 0 Å². The summed E-state index contributed by atoms with van der Waals surface area (Å²) in [5.74, 6) is 0. The highest BCUT2D eigenvalue weighted by Gasteiger charge is 1.97. The molecule has 0 heterocycles. The molecule has 0 aromatic carbocycles. The lowest BCUT2D eigenvalue weighted by atomic mass is 10.6. The van der Waals surface area contributed by atoms with Gasteiger partial charge in [0, 0.05) is 6.42 Å². The van der Waals surface area contributed by atoms with Crippen molar-refractivity contribution in [2.45, 2.75) is 20.3 Å². The van der Waals surface area contributed by atoms with Crippen molar-refractivity contribution in [3.05, 3.63) is 0 Å². The van der Waals surface area contributed by atoms with E-state index >= 15 is 0 Å². The van der Waals surface area contributed by atoms with Gasteiger partial charge in [0.2, 0.25) is 0 Å². The van der Waals surface area contributed by atoms with E-state index in [4.69, 9.17) is 0 Å². The molecule has 0 rings (SSSR count). The Labute approximate surface area is 58.8 Å². The summed E-state index contributed by atoms with van der Waals surface area (Å²) < 4.78 is 0.705. The van der Waals surface area contributed by atoms with Gasteiger partial charge in [-0.25, -0.2) is 0 Å². The van der Waals surface area contributed by atoms with Crippen molar-refractivity contribution in [2.24, 2.45) is 0 Å². The minimum absolute atomic E-state index is 0.150. The lowest BCUT2D eigenvalue weighted by molar-refractivity contribution is -0.110. The van der Waals surface area contributed by atoms with Crippen LogP contribution in [0.15, 0.2) is 0 Å². The Kier molecular flexibility index (Phi) is 4.09. The van der Waals surface area contributed by atoms with Gasteiger partial charge < -0.3 is 0 Å². The fourth-order valence-corrected chi connectivity index (χ4v) is 0.976. The fourth-order valence-electron chi connectivity index (χ4n) is 0.232. The van der Waals surface area contributed by atoms with Crippen LogP contribution < -0.4 is 0 Å². The van der Waals surface area contributed by atoms with E-state index in [1.54, 1.807) is 6.92 Å². The molecule has 0 aliphatic carbocycles. The van der Waals surface area contributed by atoms with Gasteiger partial charge in [-0.2, -0.15) is 0 Å². The van der Waals surface area contributed by atoms with Crippen LogP contribution in [0.4, 0.5) is 0 Å². The third-order valence-corrected chi connectivity index (χ3v) is 1.60. The average Bonchev–Trinajstić information content (AvgIpc) is 1.65. The monoisotopic (exact) mass is 148 g/mol. The van der Waals surface area contributed by atoms with Crippen molar-refractivity contribution >= 4 is 33.3 Å². The third kappa shape index (κ3) is 4.27. The molecule has 0 saturated heterocycles. The smallest absolute Gasteiger partial charge is 0.193 e. The van der Waals surface area contributed by atoms with Gasteiger partial charge in [0.1, 0.15) is 0 Å². The maximum atomic E-state index is 10.5. The van der Waals surface area contributed by atoms with Gasteiger partial charge in [-0.05, 0) is 18.7 Å². The molecule has 1 nitrogen and oxygen atoms in total. The van der Waals surface area contributed by atoms with Crippen LogP contribution >= 0.6 is 24.0 Å². The van der Waals surface area contributed by atoms with Crippen molar-refractivity contribution in [1.29, 1.82) is 0 Å². The zero-order valence-corrected chi connectivity index (χ0v) is 6.56. The molecular weight excluding hydrogens is 140 g/mol. The molecule has 0 aliphatic rings. The molecule has 3 heteroatoms. The second kappa shape index (κ2) is 4.04. The van der Waals surface area contributed by atoms with E-state index in [1.807, 2.05) is 6.92 Å². The van der Waals surface area contributed by atoms with Crippen molar-refractivity contribution in [1.82, 2.24) is 0 Å².